The number of thiol groups is 2. The highest BCUT2D eigenvalue weighted by Gasteiger charge is 2.20. The highest BCUT2D eigenvalue weighted by molar-refractivity contribution is 7.82. The van der Waals surface area contributed by atoms with Crippen molar-refractivity contribution in [2.45, 2.75) is 50.0 Å². The molecule has 0 spiro atoms. The average Bonchev–Trinajstić information content (AvgIpc) is 2.26. The van der Waals surface area contributed by atoms with Crippen molar-refractivity contribution in [2.24, 2.45) is 0 Å². The van der Waals surface area contributed by atoms with Crippen LogP contribution in [-0.4, -0.2) is 21.3 Å². The van der Waals surface area contributed by atoms with E-state index in [4.69, 9.17) is 0 Å². The molecule has 1 aromatic rings. The third kappa shape index (κ3) is 7.75. The Labute approximate surface area is 143 Å². The Morgan fingerprint density at radius 2 is 1.18 bits per heavy atom. The summed E-state index contributed by atoms with van der Waals surface area (Å²) in [6.45, 7) is 7.49. The molecule has 0 aliphatic rings. The van der Waals surface area contributed by atoms with Crippen molar-refractivity contribution < 1.29 is 9.59 Å². The molecule has 122 valence electrons. The molecule has 0 aliphatic carbocycles. The van der Waals surface area contributed by atoms with Gasteiger partial charge in [-0.25, -0.2) is 0 Å². The minimum absolute atomic E-state index is 0.142. The molecule has 0 aliphatic heterocycles. The second kappa shape index (κ2) is 7.42. The zero-order chi connectivity index (χ0) is 17.0. The fraction of sp³-hybridized carbons (Fsp3) is 0.500. The Morgan fingerprint density at radius 3 is 1.45 bits per heavy atom. The zero-order valence-corrected chi connectivity index (χ0v) is 15.2. The van der Waals surface area contributed by atoms with Gasteiger partial charge < -0.3 is 10.6 Å². The first-order valence-corrected chi connectivity index (χ1v) is 7.99. The van der Waals surface area contributed by atoms with Gasteiger partial charge in [-0.15, -0.1) is 0 Å². The van der Waals surface area contributed by atoms with Gasteiger partial charge in [-0.1, -0.05) is 39.8 Å². The van der Waals surface area contributed by atoms with Crippen molar-refractivity contribution in [3.05, 3.63) is 24.3 Å². The van der Waals surface area contributed by atoms with Gasteiger partial charge >= 0.3 is 0 Å². The van der Waals surface area contributed by atoms with E-state index in [9.17, 15) is 9.59 Å². The molecule has 4 nitrogen and oxygen atoms in total. The van der Waals surface area contributed by atoms with Crippen LogP contribution in [0.5, 0.6) is 0 Å². The second-order valence-corrected chi connectivity index (χ2v) is 9.04. The SMILES string of the molecule is CC(C)(S)CC(=O)Nc1ccccc1NC(=O)CC(C)(C)S. The fourth-order valence-electron chi connectivity index (χ4n) is 1.88. The van der Waals surface area contributed by atoms with Gasteiger partial charge in [-0.2, -0.15) is 25.3 Å². The van der Waals surface area contributed by atoms with E-state index in [0.717, 1.165) is 0 Å². The lowest BCUT2D eigenvalue weighted by molar-refractivity contribution is -0.117. The number of anilines is 2. The van der Waals surface area contributed by atoms with Crippen LogP contribution in [-0.2, 0) is 9.59 Å². The summed E-state index contributed by atoms with van der Waals surface area (Å²) in [5, 5.41) is 5.63. The van der Waals surface area contributed by atoms with Gasteiger partial charge in [0, 0.05) is 22.3 Å². The Kier molecular flexibility index (Phi) is 6.38. The van der Waals surface area contributed by atoms with Crippen molar-refractivity contribution in [1.29, 1.82) is 0 Å². The molecule has 1 aromatic carbocycles. The molecule has 0 aromatic heterocycles. The van der Waals surface area contributed by atoms with Crippen LogP contribution in [0.4, 0.5) is 11.4 Å². The number of para-hydroxylation sites is 2. The van der Waals surface area contributed by atoms with Gasteiger partial charge in [0.05, 0.1) is 11.4 Å². The molecular weight excluding hydrogens is 316 g/mol. The van der Waals surface area contributed by atoms with E-state index >= 15 is 0 Å². The highest BCUT2D eigenvalue weighted by atomic mass is 32.1. The Balaban J connectivity index is 2.78. The number of rotatable bonds is 6. The van der Waals surface area contributed by atoms with Crippen molar-refractivity contribution in [2.75, 3.05) is 10.6 Å². The third-order valence-electron chi connectivity index (χ3n) is 2.66. The molecule has 22 heavy (non-hydrogen) atoms. The summed E-state index contributed by atoms with van der Waals surface area (Å²) in [5.74, 6) is -0.285. The van der Waals surface area contributed by atoms with Gasteiger partial charge in [0.15, 0.2) is 0 Å². The lowest BCUT2D eigenvalue weighted by Crippen LogP contribution is -2.25. The maximum atomic E-state index is 12.0. The number of amides is 2. The molecule has 0 unspecified atom stereocenters. The van der Waals surface area contributed by atoms with E-state index in [2.05, 4.69) is 35.9 Å². The van der Waals surface area contributed by atoms with Crippen molar-refractivity contribution in [3.63, 3.8) is 0 Å². The number of carbonyl (C=O) groups excluding carboxylic acids is 2. The molecule has 0 fully saturated rings. The summed E-state index contributed by atoms with van der Waals surface area (Å²) in [7, 11) is 0. The molecule has 0 saturated carbocycles. The van der Waals surface area contributed by atoms with E-state index in [1.807, 2.05) is 27.7 Å². The maximum absolute atomic E-state index is 12.0. The Morgan fingerprint density at radius 1 is 0.864 bits per heavy atom. The predicted octanol–water partition coefficient (Wildman–Crippen LogP) is 3.76. The molecular formula is C16H24N2O2S2. The van der Waals surface area contributed by atoms with Gasteiger partial charge in [-0.3, -0.25) is 9.59 Å². The van der Waals surface area contributed by atoms with E-state index in [0.29, 0.717) is 11.4 Å². The standard InChI is InChI=1S/C16H24N2O2S2/c1-15(2,21)9-13(19)17-11-7-5-6-8-12(11)18-14(20)10-16(3,4)22/h5-8,21-22H,9-10H2,1-4H3,(H,17,19)(H,18,20). The monoisotopic (exact) mass is 340 g/mol. The molecule has 0 bridgehead atoms. The lowest BCUT2D eigenvalue weighted by Gasteiger charge is -2.19. The lowest BCUT2D eigenvalue weighted by atomic mass is 10.1. The summed E-state index contributed by atoms with van der Waals surface area (Å²) in [5.41, 5.74) is 1.16. The zero-order valence-electron chi connectivity index (χ0n) is 13.4. The molecule has 0 saturated heterocycles. The van der Waals surface area contributed by atoms with E-state index < -0.39 is 9.49 Å². The minimum Gasteiger partial charge on any atom is -0.324 e. The van der Waals surface area contributed by atoms with Gasteiger partial charge in [0.25, 0.3) is 0 Å². The van der Waals surface area contributed by atoms with Crippen LogP contribution in [0.15, 0.2) is 24.3 Å². The topological polar surface area (TPSA) is 58.2 Å². The first-order valence-electron chi connectivity index (χ1n) is 7.10. The molecule has 0 radical (unpaired) electrons. The molecule has 6 heteroatoms. The molecule has 2 N–H and O–H groups in total. The quantitative estimate of drug-likeness (QED) is 0.596. The van der Waals surface area contributed by atoms with E-state index in [1.165, 1.54) is 0 Å². The van der Waals surface area contributed by atoms with Crippen molar-refractivity contribution in [1.82, 2.24) is 0 Å². The number of carbonyl (C=O) groups is 2. The first-order chi connectivity index (χ1) is 9.96. The smallest absolute Gasteiger partial charge is 0.225 e. The number of nitrogens with one attached hydrogen (secondary N) is 2. The van der Waals surface area contributed by atoms with Gasteiger partial charge in [-0.05, 0) is 12.1 Å². The van der Waals surface area contributed by atoms with Crippen LogP contribution in [0.2, 0.25) is 0 Å². The summed E-state index contributed by atoms with van der Waals surface area (Å²) in [6, 6.07) is 7.12. The third-order valence-corrected chi connectivity index (χ3v) is 2.98. The second-order valence-electron chi connectivity index (χ2n) is 6.62. The minimum atomic E-state index is -0.391. The maximum Gasteiger partial charge on any atom is 0.225 e. The Hall–Kier alpha value is -1.14. The number of hydrogen-bond donors (Lipinski definition) is 4. The largest absolute Gasteiger partial charge is 0.324 e. The van der Waals surface area contributed by atoms with Crippen molar-refractivity contribution in [3.8, 4) is 0 Å². The average molecular weight is 341 g/mol. The predicted molar refractivity (Wildman–Crippen MR) is 99.1 cm³/mol. The summed E-state index contributed by atoms with van der Waals surface area (Å²) < 4.78 is -0.781. The van der Waals surface area contributed by atoms with Crippen LogP contribution in [0.25, 0.3) is 0 Å². The number of hydrogen-bond acceptors (Lipinski definition) is 4. The molecule has 0 heterocycles. The van der Waals surface area contributed by atoms with Crippen LogP contribution < -0.4 is 10.6 Å². The number of benzene rings is 1. The first kappa shape index (κ1) is 18.9. The summed E-state index contributed by atoms with van der Waals surface area (Å²) >= 11 is 8.70. The van der Waals surface area contributed by atoms with E-state index in [-0.39, 0.29) is 24.7 Å². The van der Waals surface area contributed by atoms with Gasteiger partial charge in [0.1, 0.15) is 0 Å². The van der Waals surface area contributed by atoms with Crippen LogP contribution in [0.3, 0.4) is 0 Å². The summed E-state index contributed by atoms with van der Waals surface area (Å²) in [4.78, 5) is 24.0. The van der Waals surface area contributed by atoms with Crippen LogP contribution >= 0.6 is 25.3 Å². The van der Waals surface area contributed by atoms with Crippen LogP contribution in [0, 0.1) is 0 Å². The molecule has 0 atom stereocenters. The van der Waals surface area contributed by atoms with Gasteiger partial charge in [0.2, 0.25) is 11.8 Å². The van der Waals surface area contributed by atoms with Crippen LogP contribution in [0.1, 0.15) is 40.5 Å². The molecule has 1 rings (SSSR count). The normalized spacial score (nSPS) is 11.9. The Bertz CT molecular complexity index is 497. The molecule has 2 amide bonds. The van der Waals surface area contributed by atoms with Crippen molar-refractivity contribution >= 4 is 48.4 Å². The summed E-state index contributed by atoms with van der Waals surface area (Å²) in [6.07, 6.45) is 0.560. The fourth-order valence-corrected chi connectivity index (χ4v) is 2.16. The van der Waals surface area contributed by atoms with E-state index in [1.54, 1.807) is 24.3 Å². The highest BCUT2D eigenvalue weighted by Crippen LogP contribution is 2.25.